The van der Waals surface area contributed by atoms with E-state index in [2.05, 4.69) is 42.5 Å². The van der Waals surface area contributed by atoms with Gasteiger partial charge in [-0.05, 0) is 53.6 Å². The molecule has 0 unspecified atom stereocenters. The predicted octanol–water partition coefficient (Wildman–Crippen LogP) is 13.5. The van der Waals surface area contributed by atoms with Gasteiger partial charge in [0.25, 0.3) is 0 Å². The first kappa shape index (κ1) is 35.3. The van der Waals surface area contributed by atoms with Gasteiger partial charge in [0.15, 0.2) is 34.9 Å². The zero-order valence-corrected chi connectivity index (χ0v) is 33.0. The second-order valence-electron chi connectivity index (χ2n) is 15.1. The van der Waals surface area contributed by atoms with Crippen molar-refractivity contribution in [3.8, 4) is 79.5 Å². The zero-order valence-electron chi connectivity index (χ0n) is 33.0. The maximum atomic E-state index is 6.51. The highest BCUT2D eigenvalue weighted by Crippen LogP contribution is 2.39. The van der Waals surface area contributed by atoms with Crippen molar-refractivity contribution in [3.63, 3.8) is 0 Å². The Hall–Kier alpha value is -8.62. The Kier molecular flexibility index (Phi) is 8.31. The lowest BCUT2D eigenvalue weighted by atomic mass is 9.99. The topological polar surface area (TPSA) is 104 Å². The fourth-order valence-corrected chi connectivity index (χ4v) is 8.18. The van der Waals surface area contributed by atoms with Crippen LogP contribution < -0.4 is 0 Å². The summed E-state index contributed by atoms with van der Waals surface area (Å²) in [6.07, 6.45) is 0. The Labute approximate surface area is 354 Å². The molecule has 0 saturated carbocycles. The molecule has 0 N–H and O–H groups in total. The molecule has 8 heteroatoms. The monoisotopic (exact) mass is 796 g/mol. The average molecular weight is 797 g/mol. The van der Waals surface area contributed by atoms with Gasteiger partial charge in [-0.2, -0.15) is 0 Å². The summed E-state index contributed by atoms with van der Waals surface area (Å²) in [5.41, 5.74) is 10.4. The Morgan fingerprint density at radius 2 is 0.677 bits per heavy atom. The van der Waals surface area contributed by atoms with Crippen LogP contribution in [-0.4, -0.2) is 29.9 Å². The van der Waals surface area contributed by atoms with Gasteiger partial charge in [0.1, 0.15) is 22.3 Å². The van der Waals surface area contributed by atoms with E-state index < -0.39 is 0 Å². The molecular weight excluding hydrogens is 765 g/mol. The second kappa shape index (κ2) is 14.6. The van der Waals surface area contributed by atoms with Crippen LogP contribution in [0.25, 0.3) is 123 Å². The first-order valence-corrected chi connectivity index (χ1v) is 20.4. The number of rotatable bonds is 7. The standard InChI is InChI=1S/C54H32N6O2/c1-4-14-33(15-5-1)49-55-50(34-16-6-2-7-17-34)57-52(56-49)38-21-12-20-36(30-38)37-27-29-45-43(31-37)48-42(23-13-25-46(48)61-45)54-59-51(35-18-8-3-9-19-35)58-53(60-54)39-26-28-41-40-22-10-11-24-44(40)62-47(41)32-39/h1-32H. The number of fused-ring (bicyclic) bond motifs is 6. The minimum atomic E-state index is 0.539. The molecule has 4 heterocycles. The molecule has 0 aliphatic carbocycles. The van der Waals surface area contributed by atoms with Crippen molar-refractivity contribution in [2.45, 2.75) is 0 Å². The van der Waals surface area contributed by atoms with Gasteiger partial charge >= 0.3 is 0 Å². The smallest absolute Gasteiger partial charge is 0.164 e. The van der Waals surface area contributed by atoms with E-state index in [0.29, 0.717) is 34.9 Å². The van der Waals surface area contributed by atoms with Crippen molar-refractivity contribution in [1.82, 2.24) is 29.9 Å². The highest BCUT2D eigenvalue weighted by Gasteiger charge is 2.20. The first-order chi connectivity index (χ1) is 30.7. The molecule has 8 nitrogen and oxygen atoms in total. The molecule has 0 aliphatic heterocycles. The van der Waals surface area contributed by atoms with Crippen molar-refractivity contribution in [2.75, 3.05) is 0 Å². The summed E-state index contributed by atoms with van der Waals surface area (Å²) in [5, 5.41) is 3.98. The average Bonchev–Trinajstić information content (AvgIpc) is 3.92. The predicted molar refractivity (Wildman–Crippen MR) is 246 cm³/mol. The molecule has 62 heavy (non-hydrogen) atoms. The third-order valence-corrected chi connectivity index (χ3v) is 11.2. The maximum absolute atomic E-state index is 6.51. The van der Waals surface area contributed by atoms with Gasteiger partial charge in [-0.25, -0.2) is 29.9 Å². The Morgan fingerprint density at radius 1 is 0.242 bits per heavy atom. The first-order valence-electron chi connectivity index (χ1n) is 20.4. The third-order valence-electron chi connectivity index (χ3n) is 11.2. The summed E-state index contributed by atoms with van der Waals surface area (Å²) in [6, 6.07) is 64.9. The van der Waals surface area contributed by atoms with Crippen LogP contribution in [0.2, 0.25) is 0 Å². The Balaban J connectivity index is 0.988. The number of benzene rings is 8. The zero-order chi connectivity index (χ0) is 41.0. The van der Waals surface area contributed by atoms with Crippen molar-refractivity contribution in [2.24, 2.45) is 0 Å². The van der Waals surface area contributed by atoms with Crippen LogP contribution in [0.3, 0.4) is 0 Å². The molecule has 0 spiro atoms. The summed E-state index contributed by atoms with van der Waals surface area (Å²) in [6.45, 7) is 0. The van der Waals surface area contributed by atoms with Crippen LogP contribution in [0, 0.1) is 0 Å². The van der Waals surface area contributed by atoms with Crippen molar-refractivity contribution in [3.05, 3.63) is 194 Å². The molecule has 0 fully saturated rings. The lowest BCUT2D eigenvalue weighted by Crippen LogP contribution is -2.00. The van der Waals surface area contributed by atoms with Crippen LogP contribution in [0.1, 0.15) is 0 Å². The van der Waals surface area contributed by atoms with Crippen molar-refractivity contribution in [1.29, 1.82) is 0 Å². The molecule has 290 valence electrons. The number of nitrogens with zero attached hydrogens (tertiary/aromatic N) is 6. The van der Waals surface area contributed by atoms with E-state index in [1.54, 1.807) is 0 Å². The fraction of sp³-hybridized carbons (Fsp3) is 0. The SMILES string of the molecule is c1ccc(-c2nc(-c3ccccc3)nc(-c3cccc(-c4ccc5oc6cccc(-c7nc(-c8ccccc8)nc(-c8ccc9c(c8)oc8ccccc89)n7)c6c5c4)c3)n2)cc1. The van der Waals surface area contributed by atoms with Crippen LogP contribution >= 0.6 is 0 Å². The van der Waals surface area contributed by atoms with E-state index in [9.17, 15) is 0 Å². The summed E-state index contributed by atoms with van der Waals surface area (Å²) in [7, 11) is 0. The van der Waals surface area contributed by atoms with Gasteiger partial charge < -0.3 is 8.83 Å². The van der Waals surface area contributed by atoms with Crippen LogP contribution in [0.15, 0.2) is 203 Å². The van der Waals surface area contributed by atoms with Crippen LogP contribution in [-0.2, 0) is 0 Å². The van der Waals surface area contributed by atoms with E-state index in [4.69, 9.17) is 38.7 Å². The molecule has 0 bridgehead atoms. The molecule has 4 aromatic heterocycles. The van der Waals surface area contributed by atoms with Gasteiger partial charge in [-0.15, -0.1) is 0 Å². The summed E-state index contributed by atoms with van der Waals surface area (Å²) >= 11 is 0. The van der Waals surface area contributed by atoms with E-state index in [1.807, 2.05) is 152 Å². The van der Waals surface area contributed by atoms with Crippen LogP contribution in [0.5, 0.6) is 0 Å². The minimum absolute atomic E-state index is 0.539. The molecule has 12 aromatic rings. The Morgan fingerprint density at radius 3 is 1.34 bits per heavy atom. The fourth-order valence-electron chi connectivity index (χ4n) is 8.18. The maximum Gasteiger partial charge on any atom is 0.164 e. The van der Waals surface area contributed by atoms with Crippen molar-refractivity contribution < 1.29 is 8.83 Å². The summed E-state index contributed by atoms with van der Waals surface area (Å²) < 4.78 is 12.8. The van der Waals surface area contributed by atoms with Gasteiger partial charge in [0.2, 0.25) is 0 Å². The highest BCUT2D eigenvalue weighted by molar-refractivity contribution is 6.13. The molecule has 0 amide bonds. The van der Waals surface area contributed by atoms with Gasteiger partial charge in [-0.3, -0.25) is 0 Å². The van der Waals surface area contributed by atoms with Gasteiger partial charge in [-0.1, -0.05) is 152 Å². The largest absolute Gasteiger partial charge is 0.456 e. The quantitative estimate of drug-likeness (QED) is 0.157. The molecular formula is C54H32N6O2. The molecule has 0 atom stereocenters. The second-order valence-corrected chi connectivity index (χ2v) is 15.1. The van der Waals surface area contributed by atoms with Crippen LogP contribution in [0.4, 0.5) is 0 Å². The molecule has 8 aromatic carbocycles. The molecule has 0 aliphatic rings. The van der Waals surface area contributed by atoms with Gasteiger partial charge in [0, 0.05) is 54.9 Å². The number of aromatic nitrogens is 6. The summed E-state index contributed by atoms with van der Waals surface area (Å²) in [4.78, 5) is 30.1. The van der Waals surface area contributed by atoms with E-state index in [0.717, 1.165) is 88.4 Å². The van der Waals surface area contributed by atoms with Gasteiger partial charge in [0.05, 0.1) is 0 Å². The number of para-hydroxylation sites is 1. The van der Waals surface area contributed by atoms with E-state index in [1.165, 1.54) is 0 Å². The number of hydrogen-bond donors (Lipinski definition) is 0. The number of hydrogen-bond acceptors (Lipinski definition) is 8. The lowest BCUT2D eigenvalue weighted by molar-refractivity contribution is 0.668. The molecule has 0 saturated heterocycles. The lowest BCUT2D eigenvalue weighted by Gasteiger charge is -2.10. The number of furan rings is 2. The third kappa shape index (κ3) is 6.26. The summed E-state index contributed by atoms with van der Waals surface area (Å²) in [5.74, 6) is 3.48. The highest BCUT2D eigenvalue weighted by atomic mass is 16.3. The van der Waals surface area contributed by atoms with Crippen molar-refractivity contribution >= 4 is 43.9 Å². The molecule has 0 radical (unpaired) electrons. The Bertz CT molecular complexity index is 3580. The molecule has 12 rings (SSSR count). The van der Waals surface area contributed by atoms with E-state index in [-0.39, 0.29) is 0 Å². The normalized spacial score (nSPS) is 11.5. The van der Waals surface area contributed by atoms with E-state index >= 15 is 0 Å². The minimum Gasteiger partial charge on any atom is -0.456 e.